The third-order valence-electron chi connectivity index (χ3n) is 9.27. The van der Waals surface area contributed by atoms with Crippen LogP contribution in [0.3, 0.4) is 0 Å². The predicted molar refractivity (Wildman–Crippen MR) is 216 cm³/mol. The number of benzene rings is 6. The fourth-order valence-electron chi connectivity index (χ4n) is 6.64. The second-order valence-electron chi connectivity index (χ2n) is 12.1. The van der Waals surface area contributed by atoms with Crippen molar-refractivity contribution in [1.29, 1.82) is 0 Å². The summed E-state index contributed by atoms with van der Waals surface area (Å²) >= 11 is -0.826. The van der Waals surface area contributed by atoms with Gasteiger partial charge in [0.15, 0.2) is 0 Å². The van der Waals surface area contributed by atoms with Crippen LogP contribution in [0.2, 0.25) is 0 Å². The van der Waals surface area contributed by atoms with E-state index >= 15 is 0 Å². The van der Waals surface area contributed by atoms with Gasteiger partial charge in [-0.3, -0.25) is 0 Å². The molecule has 8 rings (SSSR count). The monoisotopic (exact) mass is 755 g/mol. The predicted octanol–water partition coefficient (Wildman–Crippen LogP) is 14.7. The Labute approximate surface area is 311 Å². The quantitative estimate of drug-likeness (QED) is 0.157. The summed E-state index contributed by atoms with van der Waals surface area (Å²) < 4.78 is 0. The number of hydrogen-bond donors (Lipinski definition) is 0. The van der Waals surface area contributed by atoms with Crippen LogP contribution in [-0.4, -0.2) is 0 Å². The van der Waals surface area contributed by atoms with Crippen molar-refractivity contribution in [2.24, 2.45) is 0 Å². The van der Waals surface area contributed by atoms with Crippen molar-refractivity contribution in [3.8, 4) is 22.3 Å². The molecule has 0 heterocycles. The van der Waals surface area contributed by atoms with Gasteiger partial charge in [0.25, 0.3) is 0 Å². The van der Waals surface area contributed by atoms with Crippen LogP contribution >= 0.6 is 17.0 Å². The van der Waals surface area contributed by atoms with Crippen molar-refractivity contribution in [2.45, 2.75) is 47.5 Å². The second-order valence-corrected chi connectivity index (χ2v) is 15.9. The normalized spacial score (nSPS) is 10.6. The van der Waals surface area contributed by atoms with Gasteiger partial charge in [-0.1, -0.05) is 124 Å². The van der Waals surface area contributed by atoms with Gasteiger partial charge in [-0.15, -0.1) is 68.1 Å². The molecule has 0 spiro atoms. The molecule has 0 aliphatic carbocycles. The fraction of sp³-hybridized carbons (Fsp3) is 0.152. The van der Waals surface area contributed by atoms with Crippen LogP contribution in [0.15, 0.2) is 133 Å². The molecule has 0 saturated heterocycles. The maximum absolute atomic E-state index is 4.93. The zero-order chi connectivity index (χ0) is 34.9. The van der Waals surface area contributed by atoms with E-state index in [9.17, 15) is 0 Å². The minimum atomic E-state index is -0.826. The third kappa shape index (κ3) is 8.29. The fourth-order valence-corrected chi connectivity index (χ4v) is 6.64. The summed E-state index contributed by atoms with van der Waals surface area (Å²) in [4.78, 5) is 0. The molecule has 0 radical (unpaired) electrons. The van der Waals surface area contributed by atoms with E-state index < -0.39 is 20.8 Å². The molecular weight excluding hydrogens is 715 g/mol. The molecule has 0 N–H and O–H groups in total. The van der Waals surface area contributed by atoms with Crippen molar-refractivity contribution in [1.82, 2.24) is 0 Å². The first-order valence-corrected chi connectivity index (χ1v) is 23.3. The first kappa shape index (κ1) is 36.8. The van der Waals surface area contributed by atoms with Crippen molar-refractivity contribution in [2.75, 3.05) is 0 Å². The van der Waals surface area contributed by atoms with E-state index in [4.69, 9.17) is 17.0 Å². The SMILES string of the molecule is CCc1cc2c(-c3ccc4ccccc4c3)ccc(C)c2[cH-]1.CCc1cc2c(-c3ccc4ccccc4c3)ccc(C)c2[cH-]1.[CH2-]C.[Cl][Zr][Cl]. The zero-order valence-electron chi connectivity index (χ0n) is 29.1. The van der Waals surface area contributed by atoms with E-state index in [0.29, 0.717) is 0 Å². The topological polar surface area (TPSA) is 0 Å². The van der Waals surface area contributed by atoms with Gasteiger partial charge < -0.3 is 6.92 Å². The van der Waals surface area contributed by atoms with E-state index in [1.54, 1.807) is 6.92 Å². The molecule has 0 bridgehead atoms. The second kappa shape index (κ2) is 17.4. The van der Waals surface area contributed by atoms with E-state index in [1.165, 1.54) is 87.6 Å². The van der Waals surface area contributed by atoms with E-state index in [-0.39, 0.29) is 0 Å². The van der Waals surface area contributed by atoms with Gasteiger partial charge in [0.05, 0.1) is 0 Å². The first-order valence-electron chi connectivity index (χ1n) is 17.0. The van der Waals surface area contributed by atoms with Gasteiger partial charge in [-0.2, -0.15) is 19.1 Å². The molecule has 0 unspecified atom stereocenters. The Morgan fingerprint density at radius 3 is 1.24 bits per heavy atom. The number of halogens is 2. The van der Waals surface area contributed by atoms with Crippen molar-refractivity contribution in [3.05, 3.63) is 163 Å². The van der Waals surface area contributed by atoms with Crippen LogP contribution in [0, 0.1) is 20.8 Å². The molecule has 0 fully saturated rings. The molecule has 8 aromatic carbocycles. The Morgan fingerprint density at radius 2 is 0.878 bits per heavy atom. The standard InChI is InChI=1S/2C22H19.C2H5.2ClH.Zr/c2*1-3-16-12-21-15(2)8-11-20(22(21)13-16)19-10-9-17-6-4-5-7-18(17)14-19;1-2;;;/h2*4-14H,3H2,1-2H3;1H2,2H3;2*1H;/q3*-1;;;+2/p-2. The molecular formula is C46H43Cl2Zr-3. The molecule has 0 aliphatic rings. The zero-order valence-corrected chi connectivity index (χ0v) is 33.0. The summed E-state index contributed by atoms with van der Waals surface area (Å²) in [5.41, 5.74) is 10.8. The van der Waals surface area contributed by atoms with Gasteiger partial charge in [-0.25, -0.2) is 0 Å². The molecule has 0 amide bonds. The van der Waals surface area contributed by atoms with Crippen LogP contribution < -0.4 is 0 Å². The Morgan fingerprint density at radius 1 is 0.510 bits per heavy atom. The Bertz CT molecular complexity index is 2140. The summed E-state index contributed by atoms with van der Waals surface area (Å²) in [6.07, 6.45) is 2.18. The molecule has 0 nitrogen and oxygen atoms in total. The maximum atomic E-state index is 4.93. The summed E-state index contributed by atoms with van der Waals surface area (Å²) in [7, 11) is 9.87. The summed E-state index contributed by atoms with van der Waals surface area (Å²) in [6, 6.07) is 49.1. The molecule has 0 saturated carbocycles. The number of rotatable bonds is 4. The number of aryl methyl sites for hydroxylation is 4. The molecule has 248 valence electrons. The first-order chi connectivity index (χ1) is 23.9. The minimum absolute atomic E-state index is 0.826. The van der Waals surface area contributed by atoms with Gasteiger partial charge in [0.1, 0.15) is 0 Å². The Kier molecular flexibility index (Phi) is 13.1. The van der Waals surface area contributed by atoms with Gasteiger partial charge in [-0.05, 0) is 57.6 Å². The van der Waals surface area contributed by atoms with E-state index in [1.807, 2.05) is 0 Å². The number of hydrogen-bond acceptors (Lipinski definition) is 0. The van der Waals surface area contributed by atoms with Crippen molar-refractivity contribution >= 4 is 60.1 Å². The van der Waals surface area contributed by atoms with Crippen molar-refractivity contribution < 1.29 is 20.8 Å². The van der Waals surface area contributed by atoms with Crippen molar-refractivity contribution in [3.63, 3.8) is 0 Å². The molecule has 0 aliphatic heterocycles. The average Bonchev–Trinajstić information content (AvgIpc) is 3.80. The number of fused-ring (bicyclic) bond motifs is 4. The summed E-state index contributed by atoms with van der Waals surface area (Å²) in [6.45, 7) is 13.8. The van der Waals surface area contributed by atoms with Gasteiger partial charge in [0.2, 0.25) is 0 Å². The third-order valence-corrected chi connectivity index (χ3v) is 9.27. The molecule has 3 heteroatoms. The Hall–Kier alpha value is -3.48. The van der Waals surface area contributed by atoms with Crippen LogP contribution in [0.1, 0.15) is 43.0 Å². The molecule has 8 aromatic rings. The molecule has 0 atom stereocenters. The van der Waals surface area contributed by atoms with Gasteiger partial charge in [0, 0.05) is 0 Å². The summed E-state index contributed by atoms with van der Waals surface area (Å²) in [5.74, 6) is 0. The molecule has 49 heavy (non-hydrogen) atoms. The van der Waals surface area contributed by atoms with E-state index in [2.05, 4.69) is 168 Å². The average molecular weight is 758 g/mol. The molecule has 0 aromatic heterocycles. The van der Waals surface area contributed by atoms with E-state index in [0.717, 1.165) is 12.8 Å². The van der Waals surface area contributed by atoms with Crippen LogP contribution in [0.4, 0.5) is 0 Å². The van der Waals surface area contributed by atoms with Crippen LogP contribution in [0.25, 0.3) is 65.3 Å². The van der Waals surface area contributed by atoms with Gasteiger partial charge >= 0.3 is 37.9 Å². The Balaban J connectivity index is 0.000000169. The van der Waals surface area contributed by atoms with Crippen LogP contribution in [0.5, 0.6) is 0 Å². The van der Waals surface area contributed by atoms with Crippen LogP contribution in [-0.2, 0) is 33.7 Å². The summed E-state index contributed by atoms with van der Waals surface area (Å²) in [5, 5.41) is 10.7.